The van der Waals surface area contributed by atoms with Gasteiger partial charge in [-0.15, -0.1) is 0 Å². The van der Waals surface area contributed by atoms with E-state index in [0.29, 0.717) is 0 Å². The number of hydrogen-bond donors (Lipinski definition) is 0. The molecule has 1 unspecified atom stereocenters. The zero-order chi connectivity index (χ0) is 13.2. The Balaban J connectivity index is 1.89. The van der Waals surface area contributed by atoms with Gasteiger partial charge in [-0.05, 0) is 55.9 Å². The maximum atomic E-state index is 11.1. The zero-order valence-electron chi connectivity index (χ0n) is 11.6. The second-order valence-electron chi connectivity index (χ2n) is 5.70. The van der Waals surface area contributed by atoms with E-state index in [0.717, 1.165) is 19.4 Å². The minimum absolute atomic E-state index is 0.214. The summed E-state index contributed by atoms with van der Waals surface area (Å²) >= 11 is 0. The summed E-state index contributed by atoms with van der Waals surface area (Å²) in [4.78, 5) is 15.5. The van der Waals surface area contributed by atoms with Crippen LogP contribution in [0.15, 0.2) is 18.2 Å². The highest BCUT2D eigenvalue weighted by Crippen LogP contribution is 2.32. The van der Waals surface area contributed by atoms with Crippen LogP contribution >= 0.6 is 0 Å². The lowest BCUT2D eigenvalue weighted by molar-refractivity contribution is -0.120. The van der Waals surface area contributed by atoms with Gasteiger partial charge < -0.3 is 9.80 Å². The number of amides is 1. The summed E-state index contributed by atoms with van der Waals surface area (Å²) in [5, 5.41) is 0. The molecule has 3 rings (SSSR count). The van der Waals surface area contributed by atoms with Gasteiger partial charge in [-0.2, -0.15) is 0 Å². The third-order valence-electron chi connectivity index (χ3n) is 4.57. The van der Waals surface area contributed by atoms with Crippen LogP contribution in [0.2, 0.25) is 0 Å². The third-order valence-corrected chi connectivity index (χ3v) is 4.57. The number of rotatable bonds is 2. The van der Waals surface area contributed by atoms with E-state index >= 15 is 0 Å². The molecule has 1 saturated heterocycles. The van der Waals surface area contributed by atoms with Crippen LogP contribution in [0.1, 0.15) is 43.4 Å². The van der Waals surface area contributed by atoms with Crippen molar-refractivity contribution in [1.82, 2.24) is 4.90 Å². The minimum Gasteiger partial charge on any atom is -0.372 e. The molecule has 1 aromatic carbocycles. The largest absolute Gasteiger partial charge is 0.372 e. The molecule has 0 spiro atoms. The maximum absolute atomic E-state index is 11.1. The first-order chi connectivity index (χ1) is 9.29. The molecule has 2 aliphatic heterocycles. The number of carbonyl (C=O) groups is 1. The highest BCUT2D eigenvalue weighted by atomic mass is 16.1. The molecule has 3 heteroatoms. The average Bonchev–Trinajstić information content (AvgIpc) is 2.48. The molecule has 102 valence electrons. The van der Waals surface area contributed by atoms with Crippen molar-refractivity contribution < 1.29 is 4.79 Å². The van der Waals surface area contributed by atoms with Gasteiger partial charge >= 0.3 is 0 Å². The Kier molecular flexibility index (Phi) is 3.45. The van der Waals surface area contributed by atoms with Crippen molar-refractivity contribution in [3.63, 3.8) is 0 Å². The van der Waals surface area contributed by atoms with Crippen LogP contribution in [0.25, 0.3) is 0 Å². The third kappa shape index (κ3) is 2.34. The lowest BCUT2D eigenvalue weighted by Gasteiger charge is -2.35. The first-order valence-corrected chi connectivity index (χ1v) is 7.38. The summed E-state index contributed by atoms with van der Waals surface area (Å²) in [5.74, 6) is 0. The molecule has 0 N–H and O–H groups in total. The van der Waals surface area contributed by atoms with E-state index in [1.54, 1.807) is 0 Å². The Morgan fingerprint density at radius 2 is 1.95 bits per heavy atom. The second kappa shape index (κ2) is 5.24. The van der Waals surface area contributed by atoms with E-state index in [-0.39, 0.29) is 6.04 Å². The van der Waals surface area contributed by atoms with E-state index in [1.807, 2.05) is 4.90 Å². The van der Waals surface area contributed by atoms with Crippen LogP contribution in [-0.4, -0.2) is 30.9 Å². The van der Waals surface area contributed by atoms with Gasteiger partial charge in [-0.1, -0.05) is 6.07 Å². The van der Waals surface area contributed by atoms with Crippen molar-refractivity contribution in [1.29, 1.82) is 0 Å². The van der Waals surface area contributed by atoms with Crippen LogP contribution in [0.5, 0.6) is 0 Å². The van der Waals surface area contributed by atoms with Gasteiger partial charge in [-0.3, -0.25) is 4.79 Å². The Morgan fingerprint density at radius 3 is 2.68 bits per heavy atom. The lowest BCUT2D eigenvalue weighted by atomic mass is 9.93. The SMILES string of the molecule is CC1c2cc(N3CCCCC3)ccc2CCN1C=O. The van der Waals surface area contributed by atoms with Crippen molar-refractivity contribution in [3.05, 3.63) is 29.3 Å². The van der Waals surface area contributed by atoms with Gasteiger partial charge in [0.2, 0.25) is 6.41 Å². The van der Waals surface area contributed by atoms with E-state index in [2.05, 4.69) is 30.0 Å². The standard InChI is InChI=1S/C16H22N2O/c1-13-16-11-15(17-8-3-2-4-9-17)6-5-14(16)7-10-18(13)12-19/h5-6,11-13H,2-4,7-10H2,1H3. The number of anilines is 1. The van der Waals surface area contributed by atoms with E-state index in [9.17, 15) is 4.79 Å². The normalized spacial score (nSPS) is 23.1. The van der Waals surface area contributed by atoms with Gasteiger partial charge in [0.1, 0.15) is 0 Å². The number of fused-ring (bicyclic) bond motifs is 1. The number of nitrogens with zero attached hydrogens (tertiary/aromatic N) is 2. The molecule has 2 heterocycles. The van der Waals surface area contributed by atoms with E-state index < -0.39 is 0 Å². The molecule has 0 radical (unpaired) electrons. The first-order valence-electron chi connectivity index (χ1n) is 7.38. The lowest BCUT2D eigenvalue weighted by Crippen LogP contribution is -2.33. The van der Waals surface area contributed by atoms with E-state index in [4.69, 9.17) is 0 Å². The topological polar surface area (TPSA) is 23.6 Å². The molecule has 1 fully saturated rings. The number of piperidine rings is 1. The summed E-state index contributed by atoms with van der Waals surface area (Å²) in [5.41, 5.74) is 4.07. The van der Waals surface area contributed by atoms with Crippen LogP contribution in [-0.2, 0) is 11.2 Å². The highest BCUT2D eigenvalue weighted by molar-refractivity contribution is 5.56. The molecule has 0 aliphatic carbocycles. The molecule has 1 amide bonds. The van der Waals surface area contributed by atoms with Crippen molar-refractivity contribution in [2.75, 3.05) is 24.5 Å². The molecule has 3 nitrogen and oxygen atoms in total. The summed E-state index contributed by atoms with van der Waals surface area (Å²) in [7, 11) is 0. The summed E-state index contributed by atoms with van der Waals surface area (Å²) in [6.45, 7) is 5.32. The fourth-order valence-electron chi connectivity index (χ4n) is 3.31. The molecule has 1 aromatic rings. The Morgan fingerprint density at radius 1 is 1.16 bits per heavy atom. The summed E-state index contributed by atoms with van der Waals surface area (Å²) < 4.78 is 0. The molecule has 0 saturated carbocycles. The van der Waals surface area contributed by atoms with Gasteiger partial charge in [0.05, 0.1) is 6.04 Å². The van der Waals surface area contributed by atoms with Crippen LogP contribution < -0.4 is 4.90 Å². The Bertz CT molecular complexity index is 466. The fourth-order valence-corrected chi connectivity index (χ4v) is 3.31. The molecule has 0 aromatic heterocycles. The Hall–Kier alpha value is -1.51. The molecule has 1 atom stereocenters. The minimum atomic E-state index is 0.214. The fraction of sp³-hybridized carbons (Fsp3) is 0.562. The predicted octanol–water partition coefficient (Wildman–Crippen LogP) is 2.75. The molecule has 0 bridgehead atoms. The molecule has 2 aliphatic rings. The van der Waals surface area contributed by atoms with Gasteiger partial charge in [0, 0.05) is 25.3 Å². The van der Waals surface area contributed by atoms with Crippen LogP contribution in [0.4, 0.5) is 5.69 Å². The maximum Gasteiger partial charge on any atom is 0.210 e. The Labute approximate surface area is 115 Å². The first kappa shape index (κ1) is 12.5. The quantitative estimate of drug-likeness (QED) is 0.762. The molecular weight excluding hydrogens is 236 g/mol. The number of hydrogen-bond acceptors (Lipinski definition) is 2. The summed E-state index contributed by atoms with van der Waals surface area (Å²) in [6, 6.07) is 7.04. The van der Waals surface area contributed by atoms with Crippen molar-refractivity contribution >= 4 is 12.1 Å². The zero-order valence-corrected chi connectivity index (χ0v) is 11.6. The average molecular weight is 258 g/mol. The van der Waals surface area contributed by atoms with Crippen molar-refractivity contribution in [2.45, 2.75) is 38.6 Å². The predicted molar refractivity (Wildman–Crippen MR) is 77.4 cm³/mol. The van der Waals surface area contributed by atoms with Gasteiger partial charge in [0.15, 0.2) is 0 Å². The van der Waals surface area contributed by atoms with Gasteiger partial charge in [-0.25, -0.2) is 0 Å². The highest BCUT2D eigenvalue weighted by Gasteiger charge is 2.23. The number of carbonyl (C=O) groups excluding carboxylic acids is 1. The number of benzene rings is 1. The monoisotopic (exact) mass is 258 g/mol. The van der Waals surface area contributed by atoms with Crippen molar-refractivity contribution in [3.8, 4) is 0 Å². The second-order valence-corrected chi connectivity index (χ2v) is 5.70. The molecule has 19 heavy (non-hydrogen) atoms. The summed E-state index contributed by atoms with van der Waals surface area (Å²) in [6.07, 6.45) is 5.93. The van der Waals surface area contributed by atoms with Crippen LogP contribution in [0, 0.1) is 0 Å². The van der Waals surface area contributed by atoms with Crippen molar-refractivity contribution in [2.24, 2.45) is 0 Å². The van der Waals surface area contributed by atoms with Gasteiger partial charge in [0.25, 0.3) is 0 Å². The van der Waals surface area contributed by atoms with E-state index in [1.165, 1.54) is 49.2 Å². The smallest absolute Gasteiger partial charge is 0.210 e. The van der Waals surface area contributed by atoms with Crippen LogP contribution in [0.3, 0.4) is 0 Å². The molecular formula is C16H22N2O.